The van der Waals surface area contributed by atoms with Crippen molar-refractivity contribution in [3.8, 4) is 0 Å². The molecule has 0 saturated heterocycles. The van der Waals surface area contributed by atoms with E-state index in [0.717, 1.165) is 17.7 Å². The average molecular weight is 246 g/mol. The highest BCUT2D eigenvalue weighted by molar-refractivity contribution is 9.09. The molecule has 2 heteroatoms. The fourth-order valence-electron chi connectivity index (χ4n) is 1.27. The third-order valence-electron chi connectivity index (χ3n) is 2.39. The van der Waals surface area contributed by atoms with Crippen LogP contribution >= 0.6 is 15.9 Å². The molecule has 0 aromatic rings. The van der Waals surface area contributed by atoms with Gasteiger partial charge in [-0.25, -0.2) is 6.57 Å². The molecule has 0 fully saturated rings. The Hall–Kier alpha value is -0.0300. The van der Waals surface area contributed by atoms with Crippen LogP contribution < -0.4 is 0 Å². The smallest absolute Gasteiger partial charge is 0.227 e. The van der Waals surface area contributed by atoms with Crippen molar-refractivity contribution in [3.05, 3.63) is 11.4 Å². The molecule has 0 bridgehead atoms. The molecule has 0 amide bonds. The van der Waals surface area contributed by atoms with Gasteiger partial charge in [0.15, 0.2) is 0 Å². The largest absolute Gasteiger partial charge is 0.311 e. The molecule has 0 aromatic carbocycles. The summed E-state index contributed by atoms with van der Waals surface area (Å²) in [6.45, 7) is 13.3. The lowest BCUT2D eigenvalue weighted by molar-refractivity contribution is 0.444. The van der Waals surface area contributed by atoms with Gasteiger partial charge in [-0.3, -0.25) is 0 Å². The Morgan fingerprint density at radius 3 is 2.46 bits per heavy atom. The summed E-state index contributed by atoms with van der Waals surface area (Å²) in [4.78, 5) is 3.60. The van der Waals surface area contributed by atoms with Gasteiger partial charge in [0.2, 0.25) is 5.54 Å². The second-order valence-electron chi connectivity index (χ2n) is 4.40. The van der Waals surface area contributed by atoms with Crippen LogP contribution in [0.2, 0.25) is 0 Å². The number of nitrogens with zero attached hydrogens (tertiary/aromatic N) is 1. The molecule has 0 radical (unpaired) electrons. The standard InChI is InChI=1S/C11H20BrN/c1-10(7-9-12)6-5-8-11(2,3)13-4/h10H,5-9H2,1-3H3. The molecule has 13 heavy (non-hydrogen) atoms. The van der Waals surface area contributed by atoms with Crippen molar-refractivity contribution < 1.29 is 0 Å². The second-order valence-corrected chi connectivity index (χ2v) is 5.19. The highest BCUT2D eigenvalue weighted by Crippen LogP contribution is 2.21. The summed E-state index contributed by atoms with van der Waals surface area (Å²) in [5.74, 6) is 0.793. The zero-order valence-corrected chi connectivity index (χ0v) is 10.5. The van der Waals surface area contributed by atoms with Crippen LogP contribution in [0.15, 0.2) is 0 Å². The highest BCUT2D eigenvalue weighted by Gasteiger charge is 2.21. The molecule has 0 heterocycles. The predicted octanol–water partition coefficient (Wildman–Crippen LogP) is 4.28. The van der Waals surface area contributed by atoms with Gasteiger partial charge < -0.3 is 4.85 Å². The van der Waals surface area contributed by atoms with E-state index in [1.807, 2.05) is 13.8 Å². The van der Waals surface area contributed by atoms with Crippen molar-refractivity contribution in [3.63, 3.8) is 0 Å². The summed E-state index contributed by atoms with van der Waals surface area (Å²) in [6.07, 6.45) is 4.72. The van der Waals surface area contributed by atoms with E-state index in [-0.39, 0.29) is 5.54 Å². The van der Waals surface area contributed by atoms with Gasteiger partial charge in [0, 0.05) is 25.6 Å². The van der Waals surface area contributed by atoms with E-state index in [9.17, 15) is 0 Å². The Labute approximate surface area is 90.9 Å². The van der Waals surface area contributed by atoms with Crippen molar-refractivity contribution in [2.75, 3.05) is 5.33 Å². The van der Waals surface area contributed by atoms with Gasteiger partial charge in [-0.1, -0.05) is 29.3 Å². The number of halogens is 1. The summed E-state index contributed by atoms with van der Waals surface area (Å²) in [6, 6.07) is 0. The van der Waals surface area contributed by atoms with E-state index in [4.69, 9.17) is 6.57 Å². The molecule has 1 nitrogen and oxygen atoms in total. The lowest BCUT2D eigenvalue weighted by Crippen LogP contribution is -2.13. The molecule has 0 aromatic heterocycles. The number of alkyl halides is 1. The molecule has 0 saturated carbocycles. The van der Waals surface area contributed by atoms with Crippen LogP contribution in [0.1, 0.15) is 46.5 Å². The molecule has 0 aliphatic carbocycles. The summed E-state index contributed by atoms with van der Waals surface area (Å²) >= 11 is 3.45. The molecule has 0 rings (SSSR count). The van der Waals surface area contributed by atoms with Crippen molar-refractivity contribution in [1.29, 1.82) is 0 Å². The lowest BCUT2D eigenvalue weighted by Gasteiger charge is -2.13. The Bertz CT molecular complexity index is 169. The van der Waals surface area contributed by atoms with Crippen LogP contribution in [0.25, 0.3) is 4.85 Å². The summed E-state index contributed by atoms with van der Waals surface area (Å²) in [5, 5.41) is 1.10. The first kappa shape index (κ1) is 13.0. The third-order valence-corrected chi connectivity index (χ3v) is 2.85. The predicted molar refractivity (Wildman–Crippen MR) is 62.1 cm³/mol. The van der Waals surface area contributed by atoms with Gasteiger partial charge in [0.1, 0.15) is 0 Å². The van der Waals surface area contributed by atoms with Crippen LogP contribution in [-0.2, 0) is 0 Å². The maximum Gasteiger partial charge on any atom is 0.227 e. The van der Waals surface area contributed by atoms with Gasteiger partial charge in [-0.05, 0) is 18.8 Å². The minimum absolute atomic E-state index is 0.145. The number of hydrogen-bond acceptors (Lipinski definition) is 0. The monoisotopic (exact) mass is 245 g/mol. The maximum absolute atomic E-state index is 6.99. The quantitative estimate of drug-likeness (QED) is 0.486. The maximum atomic E-state index is 6.99. The number of rotatable bonds is 6. The first-order valence-electron chi connectivity index (χ1n) is 4.96. The molecule has 76 valence electrons. The fraction of sp³-hybridized carbons (Fsp3) is 0.909. The van der Waals surface area contributed by atoms with E-state index in [2.05, 4.69) is 27.7 Å². The zero-order chi connectivity index (χ0) is 10.3. The Balaban J connectivity index is 3.51. The molecule has 1 atom stereocenters. The Kier molecular flexibility index (Phi) is 6.41. The minimum atomic E-state index is -0.145. The molecular formula is C11H20BrN. The van der Waals surface area contributed by atoms with Crippen LogP contribution in [0, 0.1) is 12.5 Å². The lowest BCUT2D eigenvalue weighted by atomic mass is 9.94. The third kappa shape index (κ3) is 7.07. The SMILES string of the molecule is [C-]#[N+]C(C)(C)CCCC(C)CCBr. The minimum Gasteiger partial charge on any atom is -0.311 e. The molecular weight excluding hydrogens is 226 g/mol. The first-order valence-corrected chi connectivity index (χ1v) is 6.08. The van der Waals surface area contributed by atoms with Crippen LogP contribution in [-0.4, -0.2) is 10.9 Å². The summed E-state index contributed by atoms with van der Waals surface area (Å²) < 4.78 is 0. The molecule has 0 aliphatic heterocycles. The van der Waals surface area contributed by atoms with Gasteiger partial charge in [0.25, 0.3) is 0 Å². The molecule has 0 N–H and O–H groups in total. The highest BCUT2D eigenvalue weighted by atomic mass is 79.9. The molecule has 0 aliphatic rings. The summed E-state index contributed by atoms with van der Waals surface area (Å²) in [5.41, 5.74) is -0.145. The molecule has 1 unspecified atom stereocenters. The van der Waals surface area contributed by atoms with E-state index in [0.29, 0.717) is 0 Å². The Morgan fingerprint density at radius 2 is 2.00 bits per heavy atom. The van der Waals surface area contributed by atoms with Crippen LogP contribution in [0.5, 0.6) is 0 Å². The van der Waals surface area contributed by atoms with Gasteiger partial charge in [-0.2, -0.15) is 0 Å². The van der Waals surface area contributed by atoms with Crippen LogP contribution in [0.3, 0.4) is 0 Å². The van der Waals surface area contributed by atoms with Crippen molar-refractivity contribution >= 4 is 15.9 Å². The first-order chi connectivity index (χ1) is 6.02. The summed E-state index contributed by atoms with van der Waals surface area (Å²) in [7, 11) is 0. The normalized spacial score (nSPS) is 13.8. The van der Waals surface area contributed by atoms with E-state index in [1.54, 1.807) is 0 Å². The van der Waals surface area contributed by atoms with Crippen LogP contribution in [0.4, 0.5) is 0 Å². The van der Waals surface area contributed by atoms with Crippen molar-refractivity contribution in [2.45, 2.75) is 52.0 Å². The Morgan fingerprint density at radius 1 is 1.38 bits per heavy atom. The molecule has 0 spiro atoms. The van der Waals surface area contributed by atoms with E-state index >= 15 is 0 Å². The fourth-order valence-corrected chi connectivity index (χ4v) is 2.05. The van der Waals surface area contributed by atoms with Crippen molar-refractivity contribution in [2.24, 2.45) is 5.92 Å². The number of hydrogen-bond donors (Lipinski definition) is 0. The van der Waals surface area contributed by atoms with E-state index in [1.165, 1.54) is 19.3 Å². The second kappa shape index (κ2) is 6.43. The van der Waals surface area contributed by atoms with Gasteiger partial charge in [0.05, 0.1) is 0 Å². The van der Waals surface area contributed by atoms with E-state index < -0.39 is 0 Å². The van der Waals surface area contributed by atoms with Gasteiger partial charge >= 0.3 is 0 Å². The van der Waals surface area contributed by atoms with Crippen molar-refractivity contribution in [1.82, 2.24) is 0 Å². The zero-order valence-electron chi connectivity index (χ0n) is 8.94. The average Bonchev–Trinajstić information content (AvgIpc) is 2.05. The topological polar surface area (TPSA) is 4.36 Å². The van der Waals surface area contributed by atoms with Gasteiger partial charge in [-0.15, -0.1) is 0 Å².